The summed E-state index contributed by atoms with van der Waals surface area (Å²) in [4.78, 5) is 24.2. The van der Waals surface area contributed by atoms with E-state index in [0.717, 1.165) is 38.5 Å². The molecule has 6 atom stereocenters. The second kappa shape index (κ2) is 5.52. The monoisotopic (exact) mass is 330 g/mol. The van der Waals surface area contributed by atoms with Crippen molar-refractivity contribution >= 4 is 11.6 Å². The summed E-state index contributed by atoms with van der Waals surface area (Å²) in [6, 6.07) is 0. The molecule has 0 aliphatic heterocycles. The first-order valence-corrected chi connectivity index (χ1v) is 9.75. The maximum Gasteiger partial charge on any atom is 0.161 e. The number of ketones is 2. The lowest BCUT2D eigenvalue weighted by Crippen LogP contribution is -2.50. The molecule has 0 aromatic heterocycles. The number of aliphatic hydroxyl groups excluding tert-OH is 1. The molecule has 132 valence electrons. The Hall–Kier alpha value is -0.960. The van der Waals surface area contributed by atoms with E-state index in [2.05, 4.69) is 19.9 Å². The maximum atomic E-state index is 12.3. The highest BCUT2D eigenvalue weighted by Gasteiger charge is 2.59. The largest absolute Gasteiger partial charge is 0.389 e. The van der Waals surface area contributed by atoms with Gasteiger partial charge in [-0.3, -0.25) is 9.59 Å². The van der Waals surface area contributed by atoms with Gasteiger partial charge in [0, 0.05) is 18.8 Å². The van der Waals surface area contributed by atoms with Gasteiger partial charge in [0.05, 0.1) is 0 Å². The third kappa shape index (κ3) is 2.13. The lowest BCUT2D eigenvalue weighted by atomic mass is 9.47. The molecule has 3 nitrogen and oxygen atoms in total. The van der Waals surface area contributed by atoms with Gasteiger partial charge in [-0.15, -0.1) is 0 Å². The third-order valence-electron chi connectivity index (χ3n) is 8.48. The third-order valence-corrected chi connectivity index (χ3v) is 8.48. The van der Waals surface area contributed by atoms with Crippen LogP contribution in [0.5, 0.6) is 0 Å². The van der Waals surface area contributed by atoms with Crippen molar-refractivity contribution < 1.29 is 14.7 Å². The van der Waals surface area contributed by atoms with E-state index in [9.17, 15) is 14.7 Å². The van der Waals surface area contributed by atoms with Crippen molar-refractivity contribution in [3.63, 3.8) is 0 Å². The highest BCUT2D eigenvalue weighted by molar-refractivity contribution is 5.83. The predicted molar refractivity (Wildman–Crippen MR) is 92.3 cm³/mol. The van der Waals surface area contributed by atoms with Crippen LogP contribution in [-0.4, -0.2) is 23.3 Å². The predicted octanol–water partition coefficient (Wildman–Crippen LogP) is 3.70. The number of hydrogen-bond acceptors (Lipinski definition) is 3. The smallest absolute Gasteiger partial charge is 0.161 e. The molecule has 0 aromatic carbocycles. The van der Waals surface area contributed by atoms with Gasteiger partial charge in [0.15, 0.2) is 5.78 Å². The maximum absolute atomic E-state index is 12.3. The van der Waals surface area contributed by atoms with E-state index < -0.39 is 0 Å². The van der Waals surface area contributed by atoms with Crippen LogP contribution in [0.1, 0.15) is 65.2 Å². The fourth-order valence-corrected chi connectivity index (χ4v) is 7.12. The van der Waals surface area contributed by atoms with E-state index in [0.29, 0.717) is 30.0 Å². The second-order valence-corrected chi connectivity index (χ2v) is 9.27. The average Bonchev–Trinajstić information content (AvgIpc) is 2.92. The summed E-state index contributed by atoms with van der Waals surface area (Å²) in [6.07, 6.45) is 10.3. The zero-order valence-electron chi connectivity index (χ0n) is 15.0. The zero-order valence-corrected chi connectivity index (χ0v) is 15.0. The van der Waals surface area contributed by atoms with Gasteiger partial charge in [-0.2, -0.15) is 0 Å². The molecule has 0 spiro atoms. The molecule has 3 saturated carbocycles. The van der Waals surface area contributed by atoms with Crippen LogP contribution in [0.4, 0.5) is 0 Å². The zero-order chi connectivity index (χ0) is 17.1. The lowest BCUT2D eigenvalue weighted by Gasteiger charge is -2.57. The van der Waals surface area contributed by atoms with Crippen molar-refractivity contribution in [3.05, 3.63) is 11.6 Å². The Balaban J connectivity index is 1.65. The van der Waals surface area contributed by atoms with Crippen LogP contribution in [-0.2, 0) is 9.59 Å². The topological polar surface area (TPSA) is 54.4 Å². The van der Waals surface area contributed by atoms with Crippen LogP contribution in [0.25, 0.3) is 0 Å². The summed E-state index contributed by atoms with van der Waals surface area (Å²) in [5, 5.41) is 9.36. The lowest BCUT2D eigenvalue weighted by molar-refractivity contribution is -0.133. The number of hydrogen-bond donors (Lipinski definition) is 1. The fraction of sp³-hybridized carbons (Fsp3) is 0.810. The molecule has 3 heteroatoms. The average molecular weight is 330 g/mol. The van der Waals surface area contributed by atoms with Gasteiger partial charge in [0.25, 0.3) is 0 Å². The van der Waals surface area contributed by atoms with Gasteiger partial charge in [-0.05, 0) is 67.1 Å². The van der Waals surface area contributed by atoms with Gasteiger partial charge in [-0.25, -0.2) is 0 Å². The van der Waals surface area contributed by atoms with Crippen molar-refractivity contribution in [3.8, 4) is 0 Å². The molecule has 1 N–H and O–H groups in total. The van der Waals surface area contributed by atoms with Gasteiger partial charge >= 0.3 is 0 Å². The Morgan fingerprint density at radius 2 is 2.00 bits per heavy atom. The molecule has 4 rings (SSSR count). The van der Waals surface area contributed by atoms with Crippen LogP contribution in [0, 0.1) is 34.5 Å². The van der Waals surface area contributed by atoms with E-state index in [1.807, 2.05) is 0 Å². The summed E-state index contributed by atoms with van der Waals surface area (Å²) in [5.74, 6) is 2.45. The van der Waals surface area contributed by atoms with E-state index in [-0.39, 0.29) is 29.1 Å². The van der Waals surface area contributed by atoms with Crippen molar-refractivity contribution in [2.24, 2.45) is 34.5 Å². The summed E-state index contributed by atoms with van der Waals surface area (Å²) in [6.45, 7) is 4.41. The van der Waals surface area contributed by atoms with Crippen LogP contribution < -0.4 is 0 Å². The first-order chi connectivity index (χ1) is 11.4. The molecule has 0 saturated heterocycles. The fourth-order valence-electron chi connectivity index (χ4n) is 7.12. The van der Waals surface area contributed by atoms with Crippen molar-refractivity contribution in [1.82, 2.24) is 0 Å². The second-order valence-electron chi connectivity index (χ2n) is 9.27. The number of fused-ring (bicyclic) bond motifs is 5. The molecule has 0 amide bonds. The van der Waals surface area contributed by atoms with Gasteiger partial charge in [0.1, 0.15) is 12.4 Å². The summed E-state index contributed by atoms with van der Waals surface area (Å²) < 4.78 is 0. The van der Waals surface area contributed by atoms with Crippen LogP contribution in [0.2, 0.25) is 0 Å². The number of allylic oxidation sites excluding steroid dienone is 2. The molecule has 0 heterocycles. The first-order valence-electron chi connectivity index (χ1n) is 9.75. The van der Waals surface area contributed by atoms with E-state index in [1.54, 1.807) is 0 Å². The summed E-state index contributed by atoms with van der Waals surface area (Å²) in [5.41, 5.74) is 1.69. The molecule has 0 aromatic rings. The number of carbonyl (C=O) groups excluding carboxylic acids is 2. The number of rotatable bonds is 2. The van der Waals surface area contributed by atoms with E-state index in [1.165, 1.54) is 12.0 Å². The quantitative estimate of drug-likeness (QED) is 0.786. The molecule has 24 heavy (non-hydrogen) atoms. The SMILES string of the molecule is C[C@]12CCC3C(CC=C4CC(=O)CC[C@@]43C)C1CCC2C(=O)CO. The Labute approximate surface area is 144 Å². The van der Waals surface area contributed by atoms with Crippen LogP contribution >= 0.6 is 0 Å². The van der Waals surface area contributed by atoms with Gasteiger partial charge in [0.2, 0.25) is 0 Å². The molecular weight excluding hydrogens is 300 g/mol. The molecular formula is C21H30O3. The highest BCUT2D eigenvalue weighted by atomic mass is 16.3. The Morgan fingerprint density at radius 3 is 2.75 bits per heavy atom. The van der Waals surface area contributed by atoms with E-state index >= 15 is 0 Å². The minimum absolute atomic E-state index is 0.0552. The number of carbonyl (C=O) groups is 2. The van der Waals surface area contributed by atoms with E-state index in [4.69, 9.17) is 0 Å². The first kappa shape index (κ1) is 16.5. The van der Waals surface area contributed by atoms with Crippen molar-refractivity contribution in [2.45, 2.75) is 65.2 Å². The van der Waals surface area contributed by atoms with Crippen molar-refractivity contribution in [1.29, 1.82) is 0 Å². The normalized spacial score (nSPS) is 47.5. The summed E-state index contributed by atoms with van der Waals surface area (Å²) >= 11 is 0. The Kier molecular flexibility index (Phi) is 3.80. The standard InChI is InChI=1S/C21H30O3/c1-20-9-7-14(23)11-13(20)3-4-15-16-5-6-18(19(24)12-22)21(16,2)10-8-17(15)20/h3,15-18,22H,4-12H2,1-2H3/t15?,16?,17?,18?,20-,21-/m0/s1. The Morgan fingerprint density at radius 1 is 1.21 bits per heavy atom. The molecule has 0 bridgehead atoms. The number of aliphatic hydroxyl groups is 1. The highest BCUT2D eigenvalue weighted by Crippen LogP contribution is 2.66. The molecule has 4 aliphatic rings. The molecule has 0 radical (unpaired) electrons. The summed E-state index contributed by atoms with van der Waals surface area (Å²) in [7, 11) is 0. The minimum atomic E-state index is -0.301. The van der Waals surface area contributed by atoms with Crippen LogP contribution in [0.15, 0.2) is 11.6 Å². The van der Waals surface area contributed by atoms with Gasteiger partial charge in [-0.1, -0.05) is 25.5 Å². The molecule has 4 unspecified atom stereocenters. The minimum Gasteiger partial charge on any atom is -0.389 e. The number of Topliss-reactive ketones (excluding diaryl/α,β-unsaturated/α-hetero) is 2. The van der Waals surface area contributed by atoms with Crippen molar-refractivity contribution in [2.75, 3.05) is 6.61 Å². The molecule has 3 fully saturated rings. The Bertz CT molecular complexity index is 606. The van der Waals surface area contributed by atoms with Crippen LogP contribution in [0.3, 0.4) is 0 Å². The van der Waals surface area contributed by atoms with Gasteiger partial charge < -0.3 is 5.11 Å². The molecule has 4 aliphatic carbocycles.